The predicted molar refractivity (Wildman–Crippen MR) is 66.6 cm³/mol. The lowest BCUT2D eigenvalue weighted by Gasteiger charge is -2.20. The molecule has 1 aromatic heterocycles. The standard InChI is InChI=1S/C12H19ClN2/c1-9(2)6-11(7-13)15-12-4-5-14-8-10(12)3/h4-5,8-9,11H,6-7H2,1-3H3,(H,14,15). The van der Waals surface area contributed by atoms with Crippen molar-refractivity contribution in [2.75, 3.05) is 11.2 Å². The zero-order chi connectivity index (χ0) is 11.3. The molecule has 0 aliphatic carbocycles. The van der Waals surface area contributed by atoms with Crippen LogP contribution in [0.3, 0.4) is 0 Å². The van der Waals surface area contributed by atoms with Crippen LogP contribution in [0.5, 0.6) is 0 Å². The molecule has 1 N–H and O–H groups in total. The zero-order valence-electron chi connectivity index (χ0n) is 9.63. The monoisotopic (exact) mass is 226 g/mol. The highest BCUT2D eigenvalue weighted by molar-refractivity contribution is 6.18. The van der Waals surface area contributed by atoms with Gasteiger partial charge < -0.3 is 5.32 Å². The summed E-state index contributed by atoms with van der Waals surface area (Å²) in [5.41, 5.74) is 2.30. The van der Waals surface area contributed by atoms with Gasteiger partial charge in [0.1, 0.15) is 0 Å². The average Bonchev–Trinajstić information content (AvgIpc) is 2.19. The number of alkyl halides is 1. The summed E-state index contributed by atoms with van der Waals surface area (Å²) < 4.78 is 0. The Labute approximate surface area is 97.1 Å². The lowest BCUT2D eigenvalue weighted by atomic mass is 10.0. The third-order valence-corrected chi connectivity index (χ3v) is 2.69. The Morgan fingerprint density at radius 1 is 1.47 bits per heavy atom. The molecule has 0 fully saturated rings. The summed E-state index contributed by atoms with van der Waals surface area (Å²) in [5.74, 6) is 1.29. The van der Waals surface area contributed by atoms with Gasteiger partial charge in [0.05, 0.1) is 0 Å². The molecule has 1 unspecified atom stereocenters. The molecule has 0 bridgehead atoms. The van der Waals surface area contributed by atoms with Crippen LogP contribution in [0.4, 0.5) is 5.69 Å². The Bertz CT molecular complexity index is 299. The molecule has 1 rings (SSSR count). The minimum atomic E-state index is 0.341. The highest BCUT2D eigenvalue weighted by atomic mass is 35.5. The number of pyridine rings is 1. The van der Waals surface area contributed by atoms with E-state index in [1.807, 2.05) is 12.3 Å². The van der Waals surface area contributed by atoms with E-state index in [1.54, 1.807) is 6.20 Å². The van der Waals surface area contributed by atoms with Gasteiger partial charge in [-0.1, -0.05) is 13.8 Å². The van der Waals surface area contributed by atoms with Gasteiger partial charge in [-0.3, -0.25) is 4.98 Å². The molecule has 0 aliphatic heterocycles. The topological polar surface area (TPSA) is 24.9 Å². The predicted octanol–water partition coefficient (Wildman–Crippen LogP) is 3.46. The van der Waals surface area contributed by atoms with Gasteiger partial charge >= 0.3 is 0 Å². The third kappa shape index (κ3) is 4.08. The van der Waals surface area contributed by atoms with E-state index in [0.29, 0.717) is 17.8 Å². The molecular weight excluding hydrogens is 208 g/mol. The summed E-state index contributed by atoms with van der Waals surface area (Å²) in [5, 5.41) is 3.46. The van der Waals surface area contributed by atoms with Crippen molar-refractivity contribution in [1.82, 2.24) is 4.98 Å². The molecule has 0 saturated carbocycles. The fourth-order valence-corrected chi connectivity index (χ4v) is 1.79. The second kappa shape index (κ2) is 5.96. The Balaban J connectivity index is 2.62. The van der Waals surface area contributed by atoms with Crippen molar-refractivity contribution in [2.45, 2.75) is 33.2 Å². The number of hydrogen-bond donors (Lipinski definition) is 1. The van der Waals surface area contributed by atoms with Crippen LogP contribution in [0.1, 0.15) is 25.8 Å². The summed E-state index contributed by atoms with van der Waals surface area (Å²) in [6.07, 6.45) is 4.75. The van der Waals surface area contributed by atoms with Crippen LogP contribution in [-0.4, -0.2) is 16.9 Å². The highest BCUT2D eigenvalue weighted by Gasteiger charge is 2.10. The molecule has 84 valence electrons. The molecule has 3 heteroatoms. The van der Waals surface area contributed by atoms with Crippen molar-refractivity contribution >= 4 is 17.3 Å². The molecule has 0 saturated heterocycles. The van der Waals surface area contributed by atoms with Crippen molar-refractivity contribution in [3.63, 3.8) is 0 Å². The number of aromatic nitrogens is 1. The quantitative estimate of drug-likeness (QED) is 0.778. The van der Waals surface area contributed by atoms with E-state index >= 15 is 0 Å². The van der Waals surface area contributed by atoms with Crippen LogP contribution in [0.25, 0.3) is 0 Å². The molecule has 0 spiro atoms. The number of nitrogens with one attached hydrogen (secondary N) is 1. The van der Waals surface area contributed by atoms with Crippen LogP contribution in [0, 0.1) is 12.8 Å². The smallest absolute Gasteiger partial charge is 0.0425 e. The first-order chi connectivity index (χ1) is 7.13. The first kappa shape index (κ1) is 12.3. The van der Waals surface area contributed by atoms with E-state index in [4.69, 9.17) is 11.6 Å². The maximum absolute atomic E-state index is 5.94. The van der Waals surface area contributed by atoms with Crippen molar-refractivity contribution in [1.29, 1.82) is 0 Å². The molecule has 0 aromatic carbocycles. The van der Waals surface area contributed by atoms with Gasteiger partial charge in [-0.15, -0.1) is 11.6 Å². The first-order valence-electron chi connectivity index (χ1n) is 5.36. The van der Waals surface area contributed by atoms with Crippen LogP contribution in [0.2, 0.25) is 0 Å². The van der Waals surface area contributed by atoms with Crippen molar-refractivity contribution < 1.29 is 0 Å². The van der Waals surface area contributed by atoms with E-state index in [0.717, 1.165) is 17.7 Å². The van der Waals surface area contributed by atoms with E-state index in [9.17, 15) is 0 Å². The molecule has 1 aromatic rings. The molecule has 0 radical (unpaired) electrons. The molecule has 15 heavy (non-hydrogen) atoms. The first-order valence-corrected chi connectivity index (χ1v) is 5.90. The lowest BCUT2D eigenvalue weighted by Crippen LogP contribution is -2.23. The number of halogens is 1. The summed E-state index contributed by atoms with van der Waals surface area (Å²) >= 11 is 5.94. The minimum absolute atomic E-state index is 0.341. The summed E-state index contributed by atoms with van der Waals surface area (Å²) in [6, 6.07) is 2.34. The zero-order valence-corrected chi connectivity index (χ0v) is 10.4. The fraction of sp³-hybridized carbons (Fsp3) is 0.583. The van der Waals surface area contributed by atoms with E-state index in [1.165, 1.54) is 0 Å². The number of aryl methyl sites for hydroxylation is 1. The molecule has 0 amide bonds. The van der Waals surface area contributed by atoms with Crippen molar-refractivity contribution in [2.24, 2.45) is 5.92 Å². The van der Waals surface area contributed by atoms with Crippen LogP contribution < -0.4 is 5.32 Å². The number of nitrogens with zero attached hydrogens (tertiary/aromatic N) is 1. The van der Waals surface area contributed by atoms with Gasteiger partial charge in [-0.05, 0) is 30.9 Å². The van der Waals surface area contributed by atoms with E-state index < -0.39 is 0 Å². The van der Waals surface area contributed by atoms with Gasteiger partial charge in [-0.25, -0.2) is 0 Å². The van der Waals surface area contributed by atoms with Gasteiger partial charge in [0.15, 0.2) is 0 Å². The van der Waals surface area contributed by atoms with Gasteiger partial charge in [0.2, 0.25) is 0 Å². The second-order valence-electron chi connectivity index (χ2n) is 4.32. The Kier molecular flexibility index (Phi) is 4.89. The highest BCUT2D eigenvalue weighted by Crippen LogP contribution is 2.16. The Morgan fingerprint density at radius 2 is 2.20 bits per heavy atom. The van der Waals surface area contributed by atoms with Gasteiger partial charge in [0.25, 0.3) is 0 Å². The molecular formula is C12H19ClN2. The summed E-state index contributed by atoms with van der Waals surface area (Å²) in [6.45, 7) is 6.47. The summed E-state index contributed by atoms with van der Waals surface area (Å²) in [7, 11) is 0. The molecule has 0 aliphatic rings. The van der Waals surface area contributed by atoms with Gasteiger partial charge in [-0.2, -0.15) is 0 Å². The number of rotatable bonds is 5. The van der Waals surface area contributed by atoms with Gasteiger partial charge in [0, 0.05) is 30.0 Å². The normalized spacial score (nSPS) is 12.9. The van der Waals surface area contributed by atoms with Crippen molar-refractivity contribution in [3.8, 4) is 0 Å². The number of hydrogen-bond acceptors (Lipinski definition) is 2. The second-order valence-corrected chi connectivity index (χ2v) is 4.62. The molecule has 1 atom stereocenters. The van der Waals surface area contributed by atoms with E-state index in [2.05, 4.69) is 31.1 Å². The van der Waals surface area contributed by atoms with Crippen LogP contribution in [-0.2, 0) is 0 Å². The maximum Gasteiger partial charge on any atom is 0.0425 e. The third-order valence-electron chi connectivity index (χ3n) is 2.32. The lowest BCUT2D eigenvalue weighted by molar-refractivity contribution is 0.542. The molecule has 2 nitrogen and oxygen atoms in total. The van der Waals surface area contributed by atoms with Crippen LogP contribution in [0.15, 0.2) is 18.5 Å². The maximum atomic E-state index is 5.94. The van der Waals surface area contributed by atoms with Crippen molar-refractivity contribution in [3.05, 3.63) is 24.0 Å². The van der Waals surface area contributed by atoms with E-state index in [-0.39, 0.29) is 0 Å². The minimum Gasteiger partial charge on any atom is -0.381 e. The summed E-state index contributed by atoms with van der Waals surface area (Å²) in [4.78, 5) is 4.07. The fourth-order valence-electron chi connectivity index (χ4n) is 1.58. The average molecular weight is 227 g/mol. The Morgan fingerprint density at radius 3 is 2.73 bits per heavy atom. The molecule has 1 heterocycles. The Hall–Kier alpha value is -0.760. The number of anilines is 1. The largest absolute Gasteiger partial charge is 0.381 e. The SMILES string of the molecule is Cc1cnccc1NC(CCl)CC(C)C. The van der Waals surface area contributed by atoms with Crippen LogP contribution >= 0.6 is 11.6 Å².